The lowest BCUT2D eigenvalue weighted by Gasteiger charge is -2.13. The predicted octanol–water partition coefficient (Wildman–Crippen LogP) is 1.91. The first-order chi connectivity index (χ1) is 10.4. The van der Waals surface area contributed by atoms with Gasteiger partial charge >= 0.3 is 0 Å². The first-order valence-electron chi connectivity index (χ1n) is 6.82. The van der Waals surface area contributed by atoms with Crippen LogP contribution in [0.5, 0.6) is 0 Å². The third-order valence-corrected chi connectivity index (χ3v) is 4.99. The number of amidine groups is 1. The van der Waals surface area contributed by atoms with Crippen LogP contribution in [-0.4, -0.2) is 36.9 Å². The van der Waals surface area contributed by atoms with Crippen molar-refractivity contribution in [1.82, 2.24) is 5.01 Å². The van der Waals surface area contributed by atoms with Gasteiger partial charge in [-0.15, -0.1) is 4.40 Å². The summed E-state index contributed by atoms with van der Waals surface area (Å²) in [6, 6.07) is 3.71. The van der Waals surface area contributed by atoms with Crippen molar-refractivity contribution in [3.05, 3.63) is 33.9 Å². The lowest BCUT2D eigenvalue weighted by atomic mass is 10.2. The number of hydrogen-bond donors (Lipinski definition) is 0. The van der Waals surface area contributed by atoms with E-state index in [1.807, 2.05) is 0 Å². The van der Waals surface area contributed by atoms with Gasteiger partial charge in [-0.2, -0.15) is 13.5 Å². The Morgan fingerprint density at radius 2 is 2.00 bits per heavy atom. The van der Waals surface area contributed by atoms with Gasteiger partial charge in [0.25, 0.3) is 15.7 Å². The molecule has 0 atom stereocenters. The van der Waals surface area contributed by atoms with Crippen LogP contribution in [0.15, 0.2) is 32.6 Å². The highest BCUT2D eigenvalue weighted by Crippen LogP contribution is 2.31. The molecule has 0 radical (unpaired) electrons. The molecule has 116 valence electrons. The minimum Gasteiger partial charge on any atom is -0.258 e. The second-order valence-electron chi connectivity index (χ2n) is 5.22. The van der Waals surface area contributed by atoms with Crippen LogP contribution in [0.3, 0.4) is 0 Å². The van der Waals surface area contributed by atoms with Crippen molar-refractivity contribution in [2.24, 2.45) is 9.50 Å². The number of hydrogen-bond acceptors (Lipinski definition) is 6. The molecule has 0 bridgehead atoms. The van der Waals surface area contributed by atoms with Crippen LogP contribution in [-0.2, 0) is 10.0 Å². The zero-order chi connectivity index (χ0) is 15.9. The molecular formula is C13H14N4O4S. The largest absolute Gasteiger partial charge is 0.285 e. The normalized spacial score (nSPS) is 18.8. The molecule has 8 nitrogen and oxygen atoms in total. The van der Waals surface area contributed by atoms with E-state index in [4.69, 9.17) is 0 Å². The number of rotatable bonds is 2. The van der Waals surface area contributed by atoms with E-state index in [9.17, 15) is 18.5 Å². The molecule has 1 saturated carbocycles. The van der Waals surface area contributed by atoms with E-state index in [1.54, 1.807) is 7.05 Å². The van der Waals surface area contributed by atoms with Gasteiger partial charge in [0.2, 0.25) is 0 Å². The summed E-state index contributed by atoms with van der Waals surface area (Å²) in [5.41, 5.74) is 1.08. The van der Waals surface area contributed by atoms with E-state index in [0.717, 1.165) is 37.5 Å². The van der Waals surface area contributed by atoms with Crippen molar-refractivity contribution in [2.45, 2.75) is 30.6 Å². The molecule has 0 aromatic heterocycles. The average molecular weight is 322 g/mol. The number of fused-ring (bicyclic) bond motifs is 1. The number of nitro groups is 1. The van der Waals surface area contributed by atoms with Crippen molar-refractivity contribution in [1.29, 1.82) is 0 Å². The Labute approximate surface area is 127 Å². The van der Waals surface area contributed by atoms with Crippen molar-refractivity contribution >= 4 is 27.3 Å². The molecule has 1 aliphatic carbocycles. The van der Waals surface area contributed by atoms with Crippen LogP contribution in [0.1, 0.15) is 31.2 Å². The fourth-order valence-corrected chi connectivity index (χ4v) is 3.86. The summed E-state index contributed by atoms with van der Waals surface area (Å²) in [5.74, 6) is 0.198. The fraction of sp³-hybridized carbons (Fsp3) is 0.385. The lowest BCUT2D eigenvalue weighted by Crippen LogP contribution is -2.22. The van der Waals surface area contributed by atoms with E-state index >= 15 is 0 Å². The third-order valence-electron chi connectivity index (χ3n) is 3.68. The van der Waals surface area contributed by atoms with Crippen LogP contribution < -0.4 is 0 Å². The van der Waals surface area contributed by atoms with Gasteiger partial charge in [-0.05, 0) is 31.7 Å². The van der Waals surface area contributed by atoms with Crippen LogP contribution in [0.4, 0.5) is 5.69 Å². The zero-order valence-corrected chi connectivity index (χ0v) is 12.7. The van der Waals surface area contributed by atoms with Crippen molar-refractivity contribution < 1.29 is 13.3 Å². The van der Waals surface area contributed by atoms with Gasteiger partial charge in [0.05, 0.1) is 4.92 Å². The summed E-state index contributed by atoms with van der Waals surface area (Å²) in [4.78, 5) is 10.0. The lowest BCUT2D eigenvalue weighted by molar-refractivity contribution is -0.385. The zero-order valence-electron chi connectivity index (χ0n) is 11.9. The minimum absolute atomic E-state index is 0.143. The molecule has 0 amide bonds. The summed E-state index contributed by atoms with van der Waals surface area (Å²) in [6.07, 6.45) is 3.97. The quantitative estimate of drug-likeness (QED) is 0.611. The summed E-state index contributed by atoms with van der Waals surface area (Å²) in [6.45, 7) is 0. The monoisotopic (exact) mass is 322 g/mol. The molecule has 3 rings (SSSR count). The molecule has 1 fully saturated rings. The Balaban J connectivity index is 2.02. The first kappa shape index (κ1) is 14.6. The Hall–Kier alpha value is -2.29. The molecule has 2 aliphatic rings. The molecule has 0 saturated heterocycles. The van der Waals surface area contributed by atoms with Gasteiger partial charge in [-0.25, -0.2) is 5.01 Å². The molecular weight excluding hydrogens is 308 g/mol. The van der Waals surface area contributed by atoms with E-state index in [1.165, 1.54) is 17.1 Å². The van der Waals surface area contributed by atoms with Crippen LogP contribution in [0, 0.1) is 10.1 Å². The van der Waals surface area contributed by atoms with Gasteiger partial charge in [0.15, 0.2) is 5.84 Å². The van der Waals surface area contributed by atoms with E-state index in [2.05, 4.69) is 9.50 Å². The molecule has 0 unspecified atom stereocenters. The highest BCUT2D eigenvalue weighted by molar-refractivity contribution is 7.90. The Bertz CT molecular complexity index is 805. The van der Waals surface area contributed by atoms with E-state index in [-0.39, 0.29) is 16.4 Å². The second kappa shape index (κ2) is 5.16. The minimum atomic E-state index is -3.92. The summed E-state index contributed by atoms with van der Waals surface area (Å²) in [7, 11) is -2.28. The maximum absolute atomic E-state index is 12.1. The molecule has 0 N–H and O–H groups in total. The van der Waals surface area contributed by atoms with E-state index < -0.39 is 14.9 Å². The molecule has 1 aliphatic heterocycles. The number of hydrazone groups is 1. The van der Waals surface area contributed by atoms with Gasteiger partial charge in [0.1, 0.15) is 4.90 Å². The molecule has 1 heterocycles. The highest BCUT2D eigenvalue weighted by Gasteiger charge is 2.33. The number of nitrogens with zero attached hydrogens (tertiary/aromatic N) is 4. The summed E-state index contributed by atoms with van der Waals surface area (Å²) < 4.78 is 27.9. The summed E-state index contributed by atoms with van der Waals surface area (Å²) >= 11 is 0. The average Bonchev–Trinajstić information content (AvgIpc) is 3.05. The number of sulfonamides is 1. The predicted molar refractivity (Wildman–Crippen MR) is 80.5 cm³/mol. The van der Waals surface area contributed by atoms with E-state index in [0.29, 0.717) is 5.56 Å². The third kappa shape index (κ3) is 2.47. The van der Waals surface area contributed by atoms with Crippen molar-refractivity contribution in [3.63, 3.8) is 0 Å². The van der Waals surface area contributed by atoms with Gasteiger partial charge in [-0.3, -0.25) is 10.1 Å². The highest BCUT2D eigenvalue weighted by atomic mass is 32.2. The Morgan fingerprint density at radius 3 is 2.64 bits per heavy atom. The molecule has 1 aromatic carbocycles. The Kier molecular flexibility index (Phi) is 3.44. The number of non-ortho nitro benzene ring substituents is 1. The van der Waals surface area contributed by atoms with Crippen LogP contribution >= 0.6 is 0 Å². The molecule has 22 heavy (non-hydrogen) atoms. The van der Waals surface area contributed by atoms with Crippen molar-refractivity contribution in [3.8, 4) is 0 Å². The Morgan fingerprint density at radius 1 is 1.32 bits per heavy atom. The van der Waals surface area contributed by atoms with Crippen LogP contribution in [0.2, 0.25) is 0 Å². The number of benzene rings is 1. The van der Waals surface area contributed by atoms with Gasteiger partial charge < -0.3 is 0 Å². The molecule has 9 heteroatoms. The number of nitro benzene ring substituents is 1. The van der Waals surface area contributed by atoms with Crippen LogP contribution in [0.25, 0.3) is 0 Å². The molecule has 0 spiro atoms. The van der Waals surface area contributed by atoms with Gasteiger partial charge in [-0.1, -0.05) is 0 Å². The second-order valence-corrected chi connectivity index (χ2v) is 6.80. The topological polar surface area (TPSA) is 105 Å². The standard InChI is InChI=1S/C13H14N4O4S/c1-16(14-9-4-2-3-5-9)13-11-7-6-10(17(18)19)8-12(11)22(20,21)15-13/h6-8H,2-5H2,1H3. The maximum Gasteiger partial charge on any atom is 0.285 e. The summed E-state index contributed by atoms with van der Waals surface area (Å²) in [5, 5.41) is 16.6. The van der Waals surface area contributed by atoms with Crippen molar-refractivity contribution in [2.75, 3.05) is 7.05 Å². The first-order valence-corrected chi connectivity index (χ1v) is 8.26. The van der Waals surface area contributed by atoms with Gasteiger partial charge in [0, 0.05) is 30.5 Å². The SMILES string of the molecule is CN(N=C1CCCC1)C1=NS(=O)(=O)c2cc([N+](=O)[O-])ccc21. The molecule has 1 aromatic rings. The smallest absolute Gasteiger partial charge is 0.258 e. The maximum atomic E-state index is 12.1. The fourth-order valence-electron chi connectivity index (χ4n) is 2.61.